The van der Waals surface area contributed by atoms with Gasteiger partial charge in [0.1, 0.15) is 0 Å². The van der Waals surface area contributed by atoms with Gasteiger partial charge in [0.05, 0.1) is 5.92 Å². The number of nitrogens with zero attached hydrogens (tertiary/aromatic N) is 1. The van der Waals surface area contributed by atoms with Crippen LogP contribution in [-0.4, -0.2) is 28.6 Å². The maximum absolute atomic E-state index is 11.2. The summed E-state index contributed by atoms with van der Waals surface area (Å²) in [5.74, 6) is -0.951. The third-order valence-electron chi connectivity index (χ3n) is 3.77. The Bertz CT molecular complexity index is 436. The molecule has 1 heterocycles. The molecule has 1 aromatic carbocycles. The number of likely N-dealkylation sites (tertiary alicyclic amines) is 1. The van der Waals surface area contributed by atoms with Crippen molar-refractivity contribution < 1.29 is 9.90 Å². The van der Waals surface area contributed by atoms with Crippen LogP contribution in [0.15, 0.2) is 24.3 Å². The molecule has 1 saturated heterocycles. The average Bonchev–Trinajstić information content (AvgIpc) is 2.34. The van der Waals surface area contributed by atoms with E-state index in [2.05, 4.69) is 4.90 Å². The van der Waals surface area contributed by atoms with Crippen LogP contribution in [0.3, 0.4) is 0 Å². The first-order valence-corrected chi connectivity index (χ1v) is 6.67. The molecule has 3 nitrogen and oxygen atoms in total. The van der Waals surface area contributed by atoms with Crippen molar-refractivity contribution in [3.63, 3.8) is 0 Å². The van der Waals surface area contributed by atoms with Crippen molar-refractivity contribution in [3.05, 3.63) is 34.9 Å². The van der Waals surface area contributed by atoms with Crippen LogP contribution in [0.25, 0.3) is 0 Å². The fraction of sp³-hybridized carbons (Fsp3) is 0.500. The van der Waals surface area contributed by atoms with Gasteiger partial charge in [0, 0.05) is 17.6 Å². The van der Waals surface area contributed by atoms with Crippen LogP contribution in [0, 0.1) is 5.92 Å². The Morgan fingerprint density at radius 3 is 2.89 bits per heavy atom. The predicted octanol–water partition coefficient (Wildman–Crippen LogP) is 3.03. The van der Waals surface area contributed by atoms with E-state index in [4.69, 9.17) is 11.6 Å². The number of piperidine rings is 1. The van der Waals surface area contributed by atoms with Crippen molar-refractivity contribution in [2.24, 2.45) is 5.92 Å². The highest BCUT2D eigenvalue weighted by atomic mass is 35.5. The second-order valence-electron chi connectivity index (χ2n) is 4.89. The second kappa shape index (κ2) is 5.72. The molecule has 0 amide bonds. The molecule has 1 aliphatic heterocycles. The van der Waals surface area contributed by atoms with Crippen molar-refractivity contribution in [3.8, 4) is 0 Å². The molecular formula is C14H18ClNO2. The smallest absolute Gasteiger partial charge is 0.308 e. The van der Waals surface area contributed by atoms with Gasteiger partial charge in [0.25, 0.3) is 0 Å². The Kier molecular flexibility index (Phi) is 4.25. The van der Waals surface area contributed by atoms with Gasteiger partial charge in [0.15, 0.2) is 0 Å². The molecule has 2 atom stereocenters. The molecule has 0 spiro atoms. The fourth-order valence-electron chi connectivity index (χ4n) is 2.61. The number of carboxylic acids is 1. The number of aliphatic carboxylic acids is 1. The third-order valence-corrected chi connectivity index (χ3v) is 4.14. The summed E-state index contributed by atoms with van der Waals surface area (Å²) < 4.78 is 0. The zero-order valence-electron chi connectivity index (χ0n) is 10.5. The van der Waals surface area contributed by atoms with Crippen molar-refractivity contribution in [2.45, 2.75) is 32.4 Å². The van der Waals surface area contributed by atoms with Crippen LogP contribution < -0.4 is 0 Å². The normalized spacial score (nSPS) is 25.0. The van der Waals surface area contributed by atoms with E-state index in [9.17, 15) is 9.90 Å². The minimum Gasteiger partial charge on any atom is -0.481 e. The molecule has 0 radical (unpaired) electrons. The first-order chi connectivity index (χ1) is 8.59. The van der Waals surface area contributed by atoms with E-state index in [-0.39, 0.29) is 12.0 Å². The SMILES string of the molecule is C[C@@H]1[C@H](C(=O)O)CCCN1Cc1ccccc1Cl. The van der Waals surface area contributed by atoms with Gasteiger partial charge in [-0.05, 0) is 37.9 Å². The van der Waals surface area contributed by atoms with E-state index in [0.717, 1.165) is 36.5 Å². The molecule has 0 aromatic heterocycles. The summed E-state index contributed by atoms with van der Waals surface area (Å²) in [6.45, 7) is 3.66. The zero-order chi connectivity index (χ0) is 13.1. The molecule has 1 fully saturated rings. The highest BCUT2D eigenvalue weighted by Gasteiger charge is 2.32. The molecule has 0 bridgehead atoms. The van der Waals surface area contributed by atoms with E-state index < -0.39 is 5.97 Å². The Labute approximate surface area is 112 Å². The minimum atomic E-state index is -0.689. The van der Waals surface area contributed by atoms with Gasteiger partial charge in [-0.2, -0.15) is 0 Å². The quantitative estimate of drug-likeness (QED) is 0.915. The van der Waals surface area contributed by atoms with Crippen molar-refractivity contribution >= 4 is 17.6 Å². The van der Waals surface area contributed by atoms with Crippen molar-refractivity contribution in [1.82, 2.24) is 4.90 Å². The van der Waals surface area contributed by atoms with E-state index in [1.165, 1.54) is 0 Å². The van der Waals surface area contributed by atoms with Crippen LogP contribution in [0.5, 0.6) is 0 Å². The largest absolute Gasteiger partial charge is 0.481 e. The average molecular weight is 268 g/mol. The lowest BCUT2D eigenvalue weighted by Gasteiger charge is -2.37. The highest BCUT2D eigenvalue weighted by Crippen LogP contribution is 2.27. The van der Waals surface area contributed by atoms with Crippen LogP contribution >= 0.6 is 11.6 Å². The molecule has 98 valence electrons. The number of carboxylic acid groups (broad SMARTS) is 1. The van der Waals surface area contributed by atoms with Crippen LogP contribution in [0.1, 0.15) is 25.3 Å². The Morgan fingerprint density at radius 2 is 2.22 bits per heavy atom. The summed E-state index contributed by atoms with van der Waals surface area (Å²) >= 11 is 6.15. The molecule has 18 heavy (non-hydrogen) atoms. The summed E-state index contributed by atoms with van der Waals surface area (Å²) in [5.41, 5.74) is 1.07. The summed E-state index contributed by atoms with van der Waals surface area (Å²) in [5, 5.41) is 9.95. The van der Waals surface area contributed by atoms with Gasteiger partial charge >= 0.3 is 5.97 Å². The van der Waals surface area contributed by atoms with Crippen LogP contribution in [-0.2, 0) is 11.3 Å². The zero-order valence-corrected chi connectivity index (χ0v) is 11.2. The lowest BCUT2D eigenvalue weighted by molar-refractivity contribution is -0.145. The van der Waals surface area contributed by atoms with E-state index in [1.807, 2.05) is 31.2 Å². The van der Waals surface area contributed by atoms with Gasteiger partial charge in [-0.25, -0.2) is 0 Å². The van der Waals surface area contributed by atoms with E-state index >= 15 is 0 Å². The van der Waals surface area contributed by atoms with Crippen LogP contribution in [0.2, 0.25) is 5.02 Å². The molecule has 0 saturated carbocycles. The molecule has 1 aliphatic rings. The Hall–Kier alpha value is -1.06. The van der Waals surface area contributed by atoms with Gasteiger partial charge in [-0.1, -0.05) is 29.8 Å². The number of hydrogen-bond donors (Lipinski definition) is 1. The lowest BCUT2D eigenvalue weighted by atomic mass is 9.90. The van der Waals surface area contributed by atoms with Gasteiger partial charge < -0.3 is 5.11 Å². The minimum absolute atomic E-state index is 0.0625. The number of carbonyl (C=O) groups is 1. The molecular weight excluding hydrogens is 250 g/mol. The Balaban J connectivity index is 2.09. The molecule has 1 aromatic rings. The van der Waals surface area contributed by atoms with Crippen LogP contribution in [0.4, 0.5) is 0 Å². The topological polar surface area (TPSA) is 40.5 Å². The van der Waals surface area contributed by atoms with E-state index in [1.54, 1.807) is 0 Å². The van der Waals surface area contributed by atoms with Gasteiger partial charge in [-0.3, -0.25) is 9.69 Å². The number of hydrogen-bond acceptors (Lipinski definition) is 2. The summed E-state index contributed by atoms with van der Waals surface area (Å²) in [6, 6.07) is 7.81. The number of halogens is 1. The van der Waals surface area contributed by atoms with Gasteiger partial charge in [0.2, 0.25) is 0 Å². The fourth-order valence-corrected chi connectivity index (χ4v) is 2.81. The number of rotatable bonds is 3. The molecule has 0 aliphatic carbocycles. The molecule has 1 N–H and O–H groups in total. The summed E-state index contributed by atoms with van der Waals surface area (Å²) in [7, 11) is 0. The summed E-state index contributed by atoms with van der Waals surface area (Å²) in [4.78, 5) is 13.4. The monoisotopic (exact) mass is 267 g/mol. The maximum atomic E-state index is 11.2. The molecule has 0 unspecified atom stereocenters. The standard InChI is InChI=1S/C14H18ClNO2/c1-10-12(14(17)18)6-4-8-16(10)9-11-5-2-3-7-13(11)15/h2-3,5,7,10,12H,4,6,8-9H2,1H3,(H,17,18)/t10-,12-/m1/s1. The Morgan fingerprint density at radius 1 is 1.50 bits per heavy atom. The maximum Gasteiger partial charge on any atom is 0.308 e. The van der Waals surface area contributed by atoms with E-state index in [0.29, 0.717) is 0 Å². The second-order valence-corrected chi connectivity index (χ2v) is 5.30. The molecule has 4 heteroatoms. The molecule has 2 rings (SSSR count). The van der Waals surface area contributed by atoms with Crippen molar-refractivity contribution in [2.75, 3.05) is 6.54 Å². The lowest BCUT2D eigenvalue weighted by Crippen LogP contribution is -2.45. The van der Waals surface area contributed by atoms with Gasteiger partial charge in [-0.15, -0.1) is 0 Å². The first kappa shape index (κ1) is 13.4. The highest BCUT2D eigenvalue weighted by molar-refractivity contribution is 6.31. The first-order valence-electron chi connectivity index (χ1n) is 6.30. The number of benzene rings is 1. The predicted molar refractivity (Wildman–Crippen MR) is 71.7 cm³/mol. The van der Waals surface area contributed by atoms with Crippen molar-refractivity contribution in [1.29, 1.82) is 0 Å². The summed E-state index contributed by atoms with van der Waals surface area (Å²) in [6.07, 6.45) is 1.71. The third kappa shape index (κ3) is 2.85.